The van der Waals surface area contributed by atoms with E-state index in [-0.39, 0.29) is 17.9 Å². The van der Waals surface area contributed by atoms with Gasteiger partial charge in [-0.1, -0.05) is 68.9 Å². The summed E-state index contributed by atoms with van der Waals surface area (Å²) >= 11 is 0. The van der Waals surface area contributed by atoms with E-state index in [0.717, 1.165) is 37.7 Å². The fourth-order valence-corrected chi connectivity index (χ4v) is 3.91. The average molecular weight is 398 g/mol. The average Bonchev–Trinajstić information content (AvgIpc) is 2.73. The van der Waals surface area contributed by atoms with E-state index in [4.69, 9.17) is 9.41 Å². The highest BCUT2D eigenvalue weighted by molar-refractivity contribution is 6.02. The van der Waals surface area contributed by atoms with E-state index in [1.165, 1.54) is 19.3 Å². The molecule has 2 bridgehead atoms. The van der Waals surface area contributed by atoms with E-state index < -0.39 is 11.7 Å². The van der Waals surface area contributed by atoms with Gasteiger partial charge in [-0.3, -0.25) is 4.99 Å². The predicted octanol–water partition coefficient (Wildman–Crippen LogP) is 4.94. The Morgan fingerprint density at radius 3 is 2.17 bits per heavy atom. The summed E-state index contributed by atoms with van der Waals surface area (Å²) in [5, 5.41) is 20.5. The third-order valence-corrected chi connectivity index (χ3v) is 5.53. The Hall–Kier alpha value is -2.40. The lowest BCUT2D eigenvalue weighted by atomic mass is 10.0. The van der Waals surface area contributed by atoms with Crippen molar-refractivity contribution < 1.29 is 14.6 Å². The van der Waals surface area contributed by atoms with Gasteiger partial charge < -0.3 is 14.6 Å². The van der Waals surface area contributed by atoms with Crippen molar-refractivity contribution in [2.45, 2.75) is 70.3 Å². The van der Waals surface area contributed by atoms with Crippen LogP contribution in [0.15, 0.2) is 50.6 Å². The van der Waals surface area contributed by atoms with Crippen LogP contribution in [0.4, 0.5) is 0 Å². The molecule has 156 valence electrons. The van der Waals surface area contributed by atoms with Crippen molar-refractivity contribution in [3.63, 3.8) is 0 Å². The van der Waals surface area contributed by atoms with Crippen LogP contribution in [0.25, 0.3) is 0 Å². The quantitative estimate of drug-likeness (QED) is 0.769. The second kappa shape index (κ2) is 11.0. The van der Waals surface area contributed by atoms with Gasteiger partial charge in [0.25, 0.3) is 0 Å². The largest absolute Gasteiger partial charge is 0.507 e. The van der Waals surface area contributed by atoms with Crippen LogP contribution in [0.1, 0.15) is 80.7 Å². The van der Waals surface area contributed by atoms with Crippen molar-refractivity contribution in [2.24, 2.45) is 4.99 Å². The standard InChI is InChI=1S/C24H31NO4/c26-17-21(18-12-8-7-9-13-18)25-20-15-11-6-4-2-1-3-5-10-14-19-16-22(27)23(20)24(28)29-19/h7-9,12-13,16,21,26-27H,1-6,10-11,14-15,17H2/t21-/m1/s1. The number of aliphatic imine (C=N–C) groups is 1. The Balaban J connectivity index is 1.97. The molecule has 2 heterocycles. The number of aliphatic hydroxyl groups is 1. The van der Waals surface area contributed by atoms with Crippen molar-refractivity contribution in [3.05, 3.63) is 63.7 Å². The van der Waals surface area contributed by atoms with Gasteiger partial charge in [-0.05, 0) is 24.8 Å². The summed E-state index contributed by atoms with van der Waals surface area (Å²) in [5.41, 5.74) is 0.982. The van der Waals surface area contributed by atoms with Crippen LogP contribution in [-0.2, 0) is 6.42 Å². The Kier molecular flexibility index (Phi) is 8.05. The fraction of sp³-hybridized carbons (Fsp3) is 0.500. The molecule has 1 aromatic heterocycles. The zero-order chi connectivity index (χ0) is 20.5. The summed E-state index contributed by atoms with van der Waals surface area (Å²) in [5.74, 6) is 0.446. The van der Waals surface area contributed by atoms with Crippen LogP contribution in [0.5, 0.6) is 5.75 Å². The van der Waals surface area contributed by atoms with Gasteiger partial charge in [0.15, 0.2) is 0 Å². The molecule has 0 spiro atoms. The molecule has 1 atom stereocenters. The van der Waals surface area contributed by atoms with Crippen LogP contribution < -0.4 is 5.63 Å². The van der Waals surface area contributed by atoms with E-state index in [1.807, 2.05) is 30.3 Å². The molecule has 0 radical (unpaired) electrons. The fourth-order valence-electron chi connectivity index (χ4n) is 3.91. The monoisotopic (exact) mass is 397 g/mol. The molecule has 2 aromatic rings. The number of aromatic hydroxyl groups is 1. The van der Waals surface area contributed by atoms with Crippen LogP contribution in [0.2, 0.25) is 0 Å². The van der Waals surface area contributed by atoms with E-state index in [1.54, 1.807) is 6.07 Å². The van der Waals surface area contributed by atoms with Gasteiger partial charge >= 0.3 is 5.63 Å². The maximum absolute atomic E-state index is 12.7. The molecule has 2 aliphatic rings. The molecule has 2 N–H and O–H groups in total. The number of rotatable bonds is 3. The molecule has 0 fully saturated rings. The summed E-state index contributed by atoms with van der Waals surface area (Å²) in [6, 6.07) is 10.6. The minimum Gasteiger partial charge on any atom is -0.507 e. The normalized spacial score (nSPS) is 18.9. The molecule has 0 unspecified atom stereocenters. The highest BCUT2D eigenvalue weighted by Crippen LogP contribution is 2.24. The smallest absolute Gasteiger partial charge is 0.348 e. The molecule has 1 aromatic carbocycles. The van der Waals surface area contributed by atoms with Crippen molar-refractivity contribution >= 4 is 5.71 Å². The van der Waals surface area contributed by atoms with Gasteiger partial charge in [0, 0.05) is 12.5 Å². The first-order valence-electron chi connectivity index (χ1n) is 10.8. The molecule has 0 saturated carbocycles. The lowest BCUT2D eigenvalue weighted by Gasteiger charge is -2.14. The van der Waals surface area contributed by atoms with Gasteiger partial charge in [-0.2, -0.15) is 0 Å². The zero-order valence-corrected chi connectivity index (χ0v) is 17.0. The van der Waals surface area contributed by atoms with E-state index in [9.17, 15) is 15.0 Å². The van der Waals surface area contributed by atoms with E-state index >= 15 is 0 Å². The van der Waals surface area contributed by atoms with Crippen LogP contribution in [0, 0.1) is 0 Å². The molecular formula is C24H31NO4. The summed E-state index contributed by atoms with van der Waals surface area (Å²) in [7, 11) is 0. The minimum atomic E-state index is -0.543. The first-order chi connectivity index (χ1) is 14.2. The molecule has 0 amide bonds. The lowest BCUT2D eigenvalue weighted by molar-refractivity contribution is 0.268. The Morgan fingerprint density at radius 2 is 1.55 bits per heavy atom. The number of benzene rings is 1. The first-order valence-corrected chi connectivity index (χ1v) is 10.8. The van der Waals surface area contributed by atoms with Gasteiger partial charge in [-0.25, -0.2) is 4.79 Å². The van der Waals surface area contributed by atoms with Crippen molar-refractivity contribution in [1.29, 1.82) is 0 Å². The first kappa shape index (κ1) is 21.3. The van der Waals surface area contributed by atoms with Crippen molar-refractivity contribution in [3.8, 4) is 5.75 Å². The van der Waals surface area contributed by atoms with Crippen LogP contribution in [0.3, 0.4) is 0 Å². The van der Waals surface area contributed by atoms with E-state index in [2.05, 4.69) is 0 Å². The molecule has 0 saturated heterocycles. The maximum Gasteiger partial charge on any atom is 0.348 e. The number of nitrogens with zero attached hydrogens (tertiary/aromatic N) is 1. The topological polar surface area (TPSA) is 83.0 Å². The lowest BCUT2D eigenvalue weighted by Crippen LogP contribution is -2.18. The predicted molar refractivity (Wildman–Crippen MR) is 115 cm³/mol. The highest BCUT2D eigenvalue weighted by atomic mass is 16.4. The zero-order valence-electron chi connectivity index (χ0n) is 17.0. The summed E-state index contributed by atoms with van der Waals surface area (Å²) in [6.45, 7) is -0.169. The third-order valence-electron chi connectivity index (χ3n) is 5.53. The van der Waals surface area contributed by atoms with Crippen molar-refractivity contribution in [2.75, 3.05) is 6.61 Å². The third kappa shape index (κ3) is 6.04. The maximum atomic E-state index is 12.7. The van der Waals surface area contributed by atoms with Gasteiger partial charge in [0.05, 0.1) is 18.4 Å². The number of hydrogen-bond acceptors (Lipinski definition) is 5. The molecule has 29 heavy (non-hydrogen) atoms. The number of fused-ring (bicyclic) bond motifs is 12. The van der Waals surface area contributed by atoms with Gasteiger partial charge in [0.2, 0.25) is 0 Å². The SMILES string of the molecule is O=c1oc2cc(O)c1C(=N[C@H](CO)c1ccccc1)CCCCCCCCCC2. The molecular weight excluding hydrogens is 366 g/mol. The molecule has 5 heteroatoms. The molecule has 5 nitrogen and oxygen atoms in total. The van der Waals surface area contributed by atoms with Crippen LogP contribution in [-0.4, -0.2) is 22.5 Å². The Labute approximate surface area is 172 Å². The van der Waals surface area contributed by atoms with Gasteiger partial charge in [-0.15, -0.1) is 0 Å². The number of aliphatic hydroxyl groups excluding tert-OH is 1. The Bertz CT molecular complexity index is 857. The summed E-state index contributed by atoms with van der Waals surface area (Å²) in [4.78, 5) is 17.4. The number of hydrogen-bond donors (Lipinski definition) is 2. The van der Waals surface area contributed by atoms with Gasteiger partial charge in [0.1, 0.15) is 17.1 Å². The Morgan fingerprint density at radius 1 is 0.931 bits per heavy atom. The van der Waals surface area contributed by atoms with E-state index in [0.29, 0.717) is 24.3 Å². The second-order valence-electron chi connectivity index (χ2n) is 7.77. The van der Waals surface area contributed by atoms with Crippen LogP contribution >= 0.6 is 0 Å². The number of aryl methyl sites for hydroxylation is 1. The minimum absolute atomic E-state index is 0.0744. The molecule has 4 rings (SSSR count). The summed E-state index contributed by atoms with van der Waals surface area (Å²) in [6.07, 6.45) is 10.0. The highest BCUT2D eigenvalue weighted by Gasteiger charge is 2.20. The molecule has 1 aliphatic heterocycles. The molecule has 1 aliphatic carbocycles. The van der Waals surface area contributed by atoms with Crippen molar-refractivity contribution in [1.82, 2.24) is 0 Å². The second-order valence-corrected chi connectivity index (χ2v) is 7.77. The summed E-state index contributed by atoms with van der Waals surface area (Å²) < 4.78 is 5.51.